The number of nitrogens with one attached hydrogen (secondary N) is 1. The molecule has 122 valence electrons. The number of carbonyl (C=O) groups is 2. The summed E-state index contributed by atoms with van der Waals surface area (Å²) in [6.45, 7) is 0.425. The summed E-state index contributed by atoms with van der Waals surface area (Å²) in [6, 6.07) is 5.58. The van der Waals surface area contributed by atoms with Gasteiger partial charge in [-0.05, 0) is 30.5 Å². The van der Waals surface area contributed by atoms with E-state index in [-0.39, 0.29) is 25.2 Å². The van der Waals surface area contributed by atoms with Gasteiger partial charge in [-0.3, -0.25) is 4.79 Å². The smallest absolute Gasteiger partial charge is 0.337 e. The molecule has 0 saturated carbocycles. The third-order valence-electron chi connectivity index (χ3n) is 4.96. The van der Waals surface area contributed by atoms with Crippen LogP contribution in [0.1, 0.15) is 30.7 Å². The van der Waals surface area contributed by atoms with Crippen LogP contribution in [0.15, 0.2) is 40.7 Å². The fourth-order valence-electron chi connectivity index (χ4n) is 3.89. The number of hydrogen-bond acceptors (Lipinski definition) is 6. The molecule has 0 amide bonds. The van der Waals surface area contributed by atoms with Gasteiger partial charge in [0.25, 0.3) is 0 Å². The van der Waals surface area contributed by atoms with E-state index < -0.39 is 5.92 Å². The maximum atomic E-state index is 12.6. The van der Waals surface area contributed by atoms with Crippen molar-refractivity contribution in [3.05, 3.63) is 46.3 Å². The third kappa shape index (κ3) is 1.82. The van der Waals surface area contributed by atoms with Gasteiger partial charge in [0.05, 0.1) is 11.3 Å². The van der Waals surface area contributed by atoms with Crippen LogP contribution in [0.25, 0.3) is 0 Å². The van der Waals surface area contributed by atoms with Gasteiger partial charge in [-0.15, -0.1) is 0 Å². The maximum Gasteiger partial charge on any atom is 0.337 e. The molecule has 1 aromatic rings. The maximum absolute atomic E-state index is 12.6. The van der Waals surface area contributed by atoms with Crippen molar-refractivity contribution in [3.8, 4) is 11.5 Å². The number of rotatable bonds is 1. The Morgan fingerprint density at radius 1 is 0.958 bits per heavy atom. The first-order valence-electron chi connectivity index (χ1n) is 8.05. The Balaban J connectivity index is 1.69. The van der Waals surface area contributed by atoms with Gasteiger partial charge >= 0.3 is 5.97 Å². The number of esters is 1. The van der Waals surface area contributed by atoms with Crippen molar-refractivity contribution in [3.63, 3.8) is 0 Å². The lowest BCUT2D eigenvalue weighted by Gasteiger charge is -2.32. The molecule has 6 nitrogen and oxygen atoms in total. The van der Waals surface area contributed by atoms with Crippen molar-refractivity contribution in [2.24, 2.45) is 0 Å². The highest BCUT2D eigenvalue weighted by molar-refractivity contribution is 6.04. The molecule has 0 fully saturated rings. The van der Waals surface area contributed by atoms with Crippen LogP contribution in [0.5, 0.6) is 11.5 Å². The fourth-order valence-corrected chi connectivity index (χ4v) is 3.89. The Bertz CT molecular complexity index is 851. The van der Waals surface area contributed by atoms with Crippen LogP contribution in [0.4, 0.5) is 0 Å². The summed E-state index contributed by atoms with van der Waals surface area (Å²) in [7, 11) is 0. The number of benzene rings is 1. The van der Waals surface area contributed by atoms with Gasteiger partial charge in [0.1, 0.15) is 6.61 Å². The molecule has 1 unspecified atom stereocenters. The van der Waals surface area contributed by atoms with Crippen LogP contribution in [-0.2, 0) is 14.3 Å². The molecule has 1 aliphatic carbocycles. The fraction of sp³-hybridized carbons (Fsp3) is 0.333. The lowest BCUT2D eigenvalue weighted by molar-refractivity contribution is -0.136. The lowest BCUT2D eigenvalue weighted by atomic mass is 9.75. The van der Waals surface area contributed by atoms with Crippen molar-refractivity contribution < 1.29 is 23.8 Å². The van der Waals surface area contributed by atoms with Gasteiger partial charge < -0.3 is 19.5 Å². The number of allylic oxidation sites excluding steroid dienone is 2. The number of ketones is 1. The molecule has 6 heteroatoms. The Labute approximate surface area is 138 Å². The summed E-state index contributed by atoms with van der Waals surface area (Å²) < 4.78 is 16.0. The van der Waals surface area contributed by atoms with Crippen LogP contribution in [0.3, 0.4) is 0 Å². The number of carbonyl (C=O) groups excluding carboxylic acids is 2. The summed E-state index contributed by atoms with van der Waals surface area (Å²) in [6.07, 6.45) is 2.16. The Morgan fingerprint density at radius 2 is 1.83 bits per heavy atom. The molecule has 1 aromatic carbocycles. The van der Waals surface area contributed by atoms with E-state index in [0.717, 1.165) is 29.8 Å². The highest BCUT2D eigenvalue weighted by atomic mass is 16.7. The Morgan fingerprint density at radius 3 is 2.75 bits per heavy atom. The highest BCUT2D eigenvalue weighted by Gasteiger charge is 2.43. The third-order valence-corrected chi connectivity index (χ3v) is 4.96. The van der Waals surface area contributed by atoms with Crippen molar-refractivity contribution in [1.82, 2.24) is 5.32 Å². The molecule has 24 heavy (non-hydrogen) atoms. The zero-order chi connectivity index (χ0) is 16.3. The monoisotopic (exact) mass is 325 g/mol. The molecule has 1 N–H and O–H groups in total. The minimum Gasteiger partial charge on any atom is -0.456 e. The molecule has 3 heterocycles. The second-order valence-electron chi connectivity index (χ2n) is 6.31. The van der Waals surface area contributed by atoms with Crippen LogP contribution < -0.4 is 14.8 Å². The van der Waals surface area contributed by atoms with E-state index in [1.54, 1.807) is 0 Å². The zero-order valence-corrected chi connectivity index (χ0v) is 12.9. The van der Waals surface area contributed by atoms with Crippen molar-refractivity contribution in [1.29, 1.82) is 0 Å². The quantitative estimate of drug-likeness (QED) is 0.795. The number of hydrogen-bond donors (Lipinski definition) is 1. The van der Waals surface area contributed by atoms with E-state index in [2.05, 4.69) is 5.32 Å². The number of ether oxygens (including phenoxy) is 3. The van der Waals surface area contributed by atoms with Crippen LogP contribution >= 0.6 is 0 Å². The summed E-state index contributed by atoms with van der Waals surface area (Å²) in [5.41, 5.74) is 3.79. The number of fused-ring (bicyclic) bond motifs is 1. The van der Waals surface area contributed by atoms with Crippen molar-refractivity contribution >= 4 is 11.8 Å². The summed E-state index contributed by atoms with van der Waals surface area (Å²) in [5.74, 6) is 0.668. The van der Waals surface area contributed by atoms with Gasteiger partial charge in [-0.2, -0.15) is 0 Å². The van der Waals surface area contributed by atoms with Crippen LogP contribution in [-0.4, -0.2) is 25.2 Å². The molecule has 1 atom stereocenters. The average molecular weight is 325 g/mol. The van der Waals surface area contributed by atoms with Crippen LogP contribution in [0.2, 0.25) is 0 Å². The van der Waals surface area contributed by atoms with Crippen molar-refractivity contribution in [2.45, 2.75) is 25.2 Å². The molecule has 0 aromatic heterocycles. The van der Waals surface area contributed by atoms with Gasteiger partial charge in [0, 0.05) is 23.6 Å². The second-order valence-corrected chi connectivity index (χ2v) is 6.31. The van der Waals surface area contributed by atoms with Gasteiger partial charge in [0.15, 0.2) is 17.3 Å². The lowest BCUT2D eigenvalue weighted by Crippen LogP contribution is -2.32. The SMILES string of the molecule is O=C1CCCC2=C1C(c1ccc3c(c1)OCO3)C1=C(COC1=O)N2. The molecule has 0 radical (unpaired) electrons. The molecule has 0 saturated heterocycles. The molecule has 0 bridgehead atoms. The number of dihydropyridines is 1. The van der Waals surface area contributed by atoms with Gasteiger partial charge in [-0.25, -0.2) is 4.79 Å². The van der Waals surface area contributed by atoms with Gasteiger partial charge in [0.2, 0.25) is 6.79 Å². The van der Waals surface area contributed by atoms with E-state index in [1.807, 2.05) is 18.2 Å². The molecular weight excluding hydrogens is 310 g/mol. The van der Waals surface area contributed by atoms with Crippen LogP contribution in [0, 0.1) is 0 Å². The molecule has 0 spiro atoms. The van der Waals surface area contributed by atoms with Gasteiger partial charge in [-0.1, -0.05) is 6.07 Å². The number of Topliss-reactive ketones (excluding diaryl/α,β-unsaturated/α-hetero) is 1. The average Bonchev–Trinajstić information content (AvgIpc) is 3.19. The Hall–Kier alpha value is -2.76. The van der Waals surface area contributed by atoms with E-state index in [9.17, 15) is 9.59 Å². The molecule has 3 aliphatic heterocycles. The van der Waals surface area contributed by atoms with Crippen molar-refractivity contribution in [2.75, 3.05) is 13.4 Å². The normalized spacial score (nSPS) is 24.6. The minimum absolute atomic E-state index is 0.0951. The van der Waals surface area contributed by atoms with E-state index in [0.29, 0.717) is 29.1 Å². The summed E-state index contributed by atoms with van der Waals surface area (Å²) in [4.78, 5) is 24.9. The van der Waals surface area contributed by atoms with E-state index in [1.165, 1.54) is 0 Å². The number of cyclic esters (lactones) is 1. The zero-order valence-electron chi connectivity index (χ0n) is 12.9. The molecule has 5 rings (SSSR count). The minimum atomic E-state index is -0.395. The topological polar surface area (TPSA) is 73.9 Å². The predicted octanol–water partition coefficient (Wildman–Crippen LogP) is 1.92. The standard InChI is InChI=1S/C18H15NO5/c20-12-3-1-2-10-16(12)15(17-11(19-10)7-22-18(17)21)9-4-5-13-14(6-9)24-8-23-13/h4-6,15,19H,1-3,7-8H2. The largest absolute Gasteiger partial charge is 0.456 e. The van der Waals surface area contributed by atoms with E-state index >= 15 is 0 Å². The second kappa shape index (κ2) is 4.87. The predicted molar refractivity (Wildman–Crippen MR) is 82.3 cm³/mol. The first-order chi connectivity index (χ1) is 11.7. The summed E-state index contributed by atoms with van der Waals surface area (Å²) >= 11 is 0. The summed E-state index contributed by atoms with van der Waals surface area (Å²) in [5, 5.41) is 3.27. The molecular formula is C18H15NO5. The van der Waals surface area contributed by atoms with E-state index in [4.69, 9.17) is 14.2 Å². The molecule has 4 aliphatic rings. The highest BCUT2D eigenvalue weighted by Crippen LogP contribution is 2.46. The first kappa shape index (κ1) is 13.7. The Kier molecular flexibility index (Phi) is 2.77. The first-order valence-corrected chi connectivity index (χ1v) is 8.05.